The van der Waals surface area contributed by atoms with Gasteiger partial charge >= 0.3 is 53.6 Å². The average molecular weight is 1270 g/mol. The van der Waals surface area contributed by atoms with E-state index in [1.807, 2.05) is 39.3 Å². The van der Waals surface area contributed by atoms with Gasteiger partial charge in [0.15, 0.2) is 30.0 Å². The number of fused-ring (bicyclic) bond motifs is 1. The number of halogens is 22. The Morgan fingerprint density at radius 2 is 1.03 bits per heavy atom. The van der Waals surface area contributed by atoms with Crippen molar-refractivity contribution in [2.24, 2.45) is 5.92 Å². The lowest BCUT2D eigenvalue weighted by Crippen LogP contribution is -2.57. The molecule has 0 N–H and O–H groups in total. The zero-order valence-electron chi connectivity index (χ0n) is 39.3. The fourth-order valence-corrected chi connectivity index (χ4v) is 28.8. The van der Waals surface area contributed by atoms with Crippen LogP contribution >= 0.6 is 0 Å². The number of alkyl halides is 18. The molecule has 2 aliphatic rings. The van der Waals surface area contributed by atoms with E-state index >= 15 is 0 Å². The molecule has 0 aromatic heterocycles. The second-order valence-corrected chi connectivity index (χ2v) is 35.6. The van der Waals surface area contributed by atoms with Crippen LogP contribution in [0.15, 0.2) is 0 Å². The highest BCUT2D eigenvalue weighted by Crippen LogP contribution is 2.42. The topological polar surface area (TPSA) is 86.4 Å². The van der Waals surface area contributed by atoms with E-state index in [1.165, 1.54) is 0 Å². The van der Waals surface area contributed by atoms with Gasteiger partial charge in [-0.1, -0.05) is 44.6 Å². The summed E-state index contributed by atoms with van der Waals surface area (Å²) >= 11 is 0. The highest BCUT2D eigenvalue weighted by molar-refractivity contribution is 6.88. The Hall–Kier alpha value is -0.816. The van der Waals surface area contributed by atoms with E-state index < -0.39 is 113 Å². The van der Waals surface area contributed by atoms with Crippen LogP contribution in [-0.2, 0) is 40.6 Å². The fourth-order valence-electron chi connectivity index (χ4n) is 6.41. The first-order valence-electron chi connectivity index (χ1n) is 20.8. The number of hydrogen-bond acceptors (Lipinski definition) is 9. The van der Waals surface area contributed by atoms with E-state index in [9.17, 15) is 88.1 Å². The van der Waals surface area contributed by atoms with Crippen LogP contribution in [0.4, 0.5) is 97.2 Å². The first-order valence-corrected chi connectivity index (χ1v) is 34.5. The van der Waals surface area contributed by atoms with Crippen LogP contribution in [0.2, 0.25) is 70.5 Å². The molecular weight excluding hydrogens is 1180 g/mol. The summed E-state index contributed by atoms with van der Waals surface area (Å²) in [5, 5.41) is 0. The normalized spacial score (nSPS) is 18.5. The molecule has 6 atom stereocenters. The zero-order chi connectivity index (χ0) is 55.7. The van der Waals surface area contributed by atoms with Crippen molar-refractivity contribution >= 4 is 43.0 Å². The quantitative estimate of drug-likeness (QED) is 0.0364. The first kappa shape index (κ1) is 94.5. The Balaban J connectivity index is -0.000000201. The Kier molecular flexibility index (Phi) is 52.3. The van der Waals surface area contributed by atoms with Gasteiger partial charge in [0.25, 0.3) is 9.28 Å². The maximum absolute atomic E-state index is 13.6. The molecule has 6 unspecified atom stereocenters. The third kappa shape index (κ3) is 45.9. The summed E-state index contributed by atoms with van der Waals surface area (Å²) in [6, 6.07) is 1.92. The van der Waals surface area contributed by atoms with Crippen LogP contribution in [0.3, 0.4) is 0 Å². The largest absolute Gasteiger partial charge is 0.456 e. The number of ether oxygens (including phenoxy) is 3. The van der Waals surface area contributed by atoms with E-state index in [2.05, 4.69) is 23.0 Å². The minimum atomic E-state index is -5.76. The number of hydrogen-bond donors (Lipinski definition) is 0. The standard InChI is InChI=1S/C28H56F8O8Si5.C3H2F6.C2H2F4.CH2F2O.6CH4.F2/c1-45(41-46(2,3)18-10-16-38-22-26(29,40-36)28(33,34)35)42-49(8,20-13-23-11-12-24-25(21-23)39-24)44-48(6,7)43-47(4,5)19-9-15-37-17-14-27(30,31)32;4-1-2(5,6)3(7,8)9;3-1-2(4,5)6;2-1-4-3;;;;;;;1-2/h23-25,45H,9-22H2,1-8H3;1H2;1H2;1H2;6*1H4;. The molecule has 0 spiro atoms. The van der Waals surface area contributed by atoms with Crippen molar-refractivity contribution in [3.63, 3.8) is 0 Å². The molecule has 9 nitrogen and oxygen atoms in total. The molecular formula is C40H86F22O9Si5. The fraction of sp³-hybridized carbons (Fsp3) is 1.00. The summed E-state index contributed by atoms with van der Waals surface area (Å²) in [7, 11) is -12.6. The van der Waals surface area contributed by atoms with E-state index in [0.29, 0.717) is 36.6 Å². The third-order valence-corrected chi connectivity index (χ3v) is 28.7. The maximum atomic E-state index is 13.6. The molecule has 1 aliphatic heterocycles. The molecule has 36 heteroatoms. The minimum Gasteiger partial charge on any atom is -0.439 e. The van der Waals surface area contributed by atoms with Crippen LogP contribution in [-0.4, -0.2) is 138 Å². The molecule has 474 valence electrons. The van der Waals surface area contributed by atoms with E-state index in [0.717, 1.165) is 31.7 Å². The van der Waals surface area contributed by atoms with Gasteiger partial charge in [-0.15, -0.1) is 4.94 Å². The SMILES string of the molecule is C.C.C.C.C.C.C[SiH](O[Si](C)(C)CCCOCC(F)(OF)C(F)(F)F)O[Si](C)(CCC1CCC2OC2C1)O[Si](C)(C)O[Si](C)(C)CCCOCCC(F)(F)F.FCC(F)(F)C(F)(F)F.FCC(F)(F)F.FCOF.FF. The van der Waals surface area contributed by atoms with Crippen molar-refractivity contribution in [3.8, 4) is 0 Å². The average Bonchev–Trinajstić information content (AvgIpc) is 3.99. The Morgan fingerprint density at radius 1 is 0.566 bits per heavy atom. The van der Waals surface area contributed by atoms with Crippen LogP contribution in [0.5, 0.6) is 0 Å². The van der Waals surface area contributed by atoms with E-state index in [1.54, 1.807) is 0 Å². The molecule has 76 heavy (non-hydrogen) atoms. The molecule has 1 saturated carbocycles. The summed E-state index contributed by atoms with van der Waals surface area (Å²) in [5.41, 5.74) is 0. The Morgan fingerprint density at radius 3 is 1.39 bits per heavy atom. The van der Waals surface area contributed by atoms with E-state index in [-0.39, 0.29) is 70.8 Å². The van der Waals surface area contributed by atoms with Crippen molar-refractivity contribution in [2.45, 2.75) is 209 Å². The summed E-state index contributed by atoms with van der Waals surface area (Å²) in [6.07, 6.45) is -15.5. The van der Waals surface area contributed by atoms with Gasteiger partial charge in [-0.25, -0.2) is 13.2 Å². The van der Waals surface area contributed by atoms with Gasteiger partial charge in [0.05, 0.1) is 25.2 Å². The van der Waals surface area contributed by atoms with Gasteiger partial charge < -0.3 is 30.7 Å². The molecule has 0 amide bonds. The van der Waals surface area contributed by atoms with Gasteiger partial charge in [-0.3, -0.25) is 0 Å². The third-order valence-electron chi connectivity index (χ3n) is 9.28. The highest BCUT2D eigenvalue weighted by Gasteiger charge is 2.60. The van der Waals surface area contributed by atoms with Gasteiger partial charge in [-0.05, 0) is 124 Å². The Bertz CT molecular complexity index is 1360. The predicted molar refractivity (Wildman–Crippen MR) is 260 cm³/mol. The molecule has 2 fully saturated rings. The molecule has 0 radical (unpaired) electrons. The first-order chi connectivity index (χ1) is 31.6. The summed E-state index contributed by atoms with van der Waals surface area (Å²) in [4.78, 5) is 4.89. The van der Waals surface area contributed by atoms with Crippen LogP contribution in [0.1, 0.15) is 89.5 Å². The summed E-state index contributed by atoms with van der Waals surface area (Å²) in [5.74, 6) is -9.20. The van der Waals surface area contributed by atoms with Gasteiger partial charge in [-0.2, -0.15) is 70.8 Å². The lowest BCUT2D eigenvalue weighted by molar-refractivity contribution is -0.411. The van der Waals surface area contributed by atoms with Gasteiger partial charge in [0.2, 0.25) is 6.86 Å². The van der Waals surface area contributed by atoms with E-state index in [4.69, 9.17) is 39.8 Å². The lowest BCUT2D eigenvalue weighted by atomic mass is 9.88. The zero-order valence-corrected chi connectivity index (χ0v) is 44.5. The molecule has 1 saturated heterocycles. The molecule has 2 rings (SSSR count). The Labute approximate surface area is 441 Å². The number of rotatable bonds is 26. The summed E-state index contributed by atoms with van der Waals surface area (Å²) in [6.45, 7) is 7.73. The highest BCUT2D eigenvalue weighted by atomic mass is 28.5. The minimum absolute atomic E-state index is 0. The van der Waals surface area contributed by atoms with Crippen molar-refractivity contribution in [1.82, 2.24) is 0 Å². The smallest absolute Gasteiger partial charge is 0.439 e. The van der Waals surface area contributed by atoms with Crippen LogP contribution in [0, 0.1) is 5.92 Å². The summed E-state index contributed by atoms with van der Waals surface area (Å²) < 4.78 is 287. The molecule has 0 aromatic rings. The molecule has 1 heterocycles. The molecule has 0 aromatic carbocycles. The van der Waals surface area contributed by atoms with Crippen molar-refractivity contribution in [2.75, 3.05) is 46.6 Å². The van der Waals surface area contributed by atoms with Crippen molar-refractivity contribution in [3.05, 3.63) is 0 Å². The van der Waals surface area contributed by atoms with Gasteiger partial charge in [0.1, 0.15) is 6.61 Å². The van der Waals surface area contributed by atoms with Crippen molar-refractivity contribution in [1.29, 1.82) is 0 Å². The van der Waals surface area contributed by atoms with Crippen LogP contribution in [0.25, 0.3) is 0 Å². The second kappa shape index (κ2) is 42.1. The monoisotopic (exact) mass is 1270 g/mol. The lowest BCUT2D eigenvalue weighted by Gasteiger charge is -2.41. The maximum Gasteiger partial charge on any atom is 0.456 e. The van der Waals surface area contributed by atoms with Crippen LogP contribution < -0.4 is 0 Å². The second-order valence-electron chi connectivity index (χ2n) is 17.3. The molecule has 0 bridgehead atoms. The van der Waals surface area contributed by atoms with Crippen molar-refractivity contribution < 1.29 is 138 Å². The number of epoxide rings is 1. The molecule has 1 aliphatic carbocycles. The van der Waals surface area contributed by atoms with Gasteiger partial charge in [0, 0.05) is 22.4 Å². The predicted octanol–water partition coefficient (Wildman–Crippen LogP) is 18.1.